The van der Waals surface area contributed by atoms with Crippen LogP contribution in [-0.2, 0) is 0 Å². The predicted octanol–water partition coefficient (Wildman–Crippen LogP) is 4.94. The van der Waals surface area contributed by atoms with Gasteiger partial charge in [-0.1, -0.05) is 41.4 Å². The summed E-state index contributed by atoms with van der Waals surface area (Å²) in [4.78, 5) is 8.91. The van der Waals surface area contributed by atoms with Gasteiger partial charge in [0.15, 0.2) is 0 Å². The average molecular weight is 289 g/mol. The summed E-state index contributed by atoms with van der Waals surface area (Å²) in [5.41, 5.74) is 4.15. The fourth-order valence-corrected chi connectivity index (χ4v) is 2.49. The van der Waals surface area contributed by atoms with Crippen molar-refractivity contribution in [3.8, 4) is 0 Å². The van der Waals surface area contributed by atoms with Crippen LogP contribution in [0.2, 0.25) is 0 Å². The molecule has 2 aromatic rings. The maximum absolute atomic E-state index is 6.29. The van der Waals surface area contributed by atoms with Gasteiger partial charge in [-0.25, -0.2) is 9.98 Å². The highest BCUT2D eigenvalue weighted by molar-refractivity contribution is 6.72. The van der Waals surface area contributed by atoms with Crippen molar-refractivity contribution in [3.63, 3.8) is 0 Å². The van der Waals surface area contributed by atoms with Crippen LogP contribution in [-0.4, -0.2) is 10.3 Å². The fourth-order valence-electron chi connectivity index (χ4n) is 1.99. The molecule has 2 aromatic carbocycles. The molecule has 1 heterocycles. The molecule has 4 heteroatoms. The minimum absolute atomic E-state index is 0.426. The molecule has 0 aromatic heterocycles. The zero-order chi connectivity index (χ0) is 13.4. The fraction of sp³-hybridized carbons (Fsp3) is 0.0667. The molecule has 0 radical (unpaired) electrons. The molecule has 0 saturated heterocycles. The zero-order valence-corrected chi connectivity index (χ0v) is 11.7. The Balaban J connectivity index is 2.30. The van der Waals surface area contributed by atoms with Gasteiger partial charge in [0, 0.05) is 11.1 Å². The van der Waals surface area contributed by atoms with Gasteiger partial charge in [0.25, 0.3) is 0 Å². The lowest BCUT2D eigenvalue weighted by molar-refractivity contribution is 1.39. The number of para-hydroxylation sites is 1. The summed E-state index contributed by atoms with van der Waals surface area (Å²) in [6.45, 7) is 2.00. The van der Waals surface area contributed by atoms with Crippen LogP contribution in [0.4, 0.5) is 11.4 Å². The number of nitrogens with zero attached hydrogens (tertiary/aromatic N) is 2. The molecule has 3 rings (SSSR count). The first kappa shape index (κ1) is 12.4. The van der Waals surface area contributed by atoms with Crippen LogP contribution in [0, 0.1) is 6.92 Å². The van der Waals surface area contributed by atoms with Crippen molar-refractivity contribution in [1.82, 2.24) is 0 Å². The van der Waals surface area contributed by atoms with Crippen molar-refractivity contribution in [1.29, 1.82) is 0 Å². The van der Waals surface area contributed by atoms with E-state index in [4.69, 9.17) is 23.2 Å². The number of benzene rings is 2. The van der Waals surface area contributed by atoms with Gasteiger partial charge in [0.05, 0.1) is 11.4 Å². The van der Waals surface area contributed by atoms with Crippen LogP contribution < -0.4 is 0 Å². The first-order valence-corrected chi connectivity index (χ1v) is 6.59. The quantitative estimate of drug-likeness (QED) is 0.656. The third kappa shape index (κ3) is 2.29. The van der Waals surface area contributed by atoms with E-state index in [0.717, 1.165) is 28.1 Å². The van der Waals surface area contributed by atoms with E-state index in [1.54, 1.807) is 0 Å². The van der Waals surface area contributed by atoms with Crippen molar-refractivity contribution in [2.24, 2.45) is 9.98 Å². The van der Waals surface area contributed by atoms with E-state index < -0.39 is 0 Å². The van der Waals surface area contributed by atoms with Crippen molar-refractivity contribution in [2.75, 3.05) is 0 Å². The summed E-state index contributed by atoms with van der Waals surface area (Å²) >= 11 is 12.6. The lowest BCUT2D eigenvalue weighted by atomic mass is 10.1. The zero-order valence-electron chi connectivity index (χ0n) is 10.2. The van der Waals surface area contributed by atoms with Gasteiger partial charge in [0.2, 0.25) is 0 Å². The third-order valence-corrected chi connectivity index (χ3v) is 3.52. The van der Waals surface area contributed by atoms with Gasteiger partial charge in [-0.15, -0.1) is 0 Å². The van der Waals surface area contributed by atoms with E-state index in [1.165, 1.54) is 0 Å². The number of aryl methyl sites for hydroxylation is 1. The Hall–Kier alpha value is -1.64. The van der Waals surface area contributed by atoms with E-state index in [9.17, 15) is 0 Å². The molecule has 0 aliphatic carbocycles. The van der Waals surface area contributed by atoms with Crippen molar-refractivity contribution in [3.05, 3.63) is 59.2 Å². The van der Waals surface area contributed by atoms with Crippen LogP contribution in [0.3, 0.4) is 0 Å². The number of rotatable bonds is 0. The van der Waals surface area contributed by atoms with E-state index in [1.807, 2.05) is 49.4 Å². The molecule has 0 unspecified atom stereocenters. The molecule has 0 atom stereocenters. The smallest absolute Gasteiger partial charge is 0.139 e. The summed E-state index contributed by atoms with van der Waals surface area (Å²) in [7, 11) is 0. The maximum atomic E-state index is 6.29. The molecule has 2 nitrogen and oxygen atoms in total. The molecule has 1 aliphatic rings. The first-order valence-electron chi connectivity index (χ1n) is 5.84. The first-order chi connectivity index (χ1) is 9.15. The van der Waals surface area contributed by atoms with Crippen molar-refractivity contribution < 1.29 is 0 Å². The van der Waals surface area contributed by atoms with Crippen molar-refractivity contribution >= 4 is 44.9 Å². The third-order valence-electron chi connectivity index (χ3n) is 2.94. The normalized spacial score (nSPS) is 13.6. The average Bonchev–Trinajstić information content (AvgIpc) is 2.38. The number of hydrogen-bond acceptors (Lipinski definition) is 2. The highest BCUT2D eigenvalue weighted by atomic mass is 35.5. The minimum atomic E-state index is 0.426. The van der Waals surface area contributed by atoms with Crippen LogP contribution >= 0.6 is 23.2 Å². The molecule has 19 heavy (non-hydrogen) atoms. The number of hydrogen-bond donors (Lipinski definition) is 0. The topological polar surface area (TPSA) is 24.7 Å². The molecule has 0 bridgehead atoms. The maximum Gasteiger partial charge on any atom is 0.139 e. The molecule has 1 aliphatic heterocycles. The SMILES string of the molecule is Cc1ccc2c(c1)N=C(Cl)c1ccccc1N=C2Cl. The van der Waals surface area contributed by atoms with Gasteiger partial charge in [-0.3, -0.25) is 0 Å². The van der Waals surface area contributed by atoms with Crippen LogP contribution in [0.25, 0.3) is 0 Å². The molecule has 0 saturated carbocycles. The highest BCUT2D eigenvalue weighted by Gasteiger charge is 2.15. The monoisotopic (exact) mass is 288 g/mol. The minimum Gasteiger partial charge on any atom is -0.235 e. The number of aliphatic imine (C=N–C) groups is 2. The predicted molar refractivity (Wildman–Crippen MR) is 81.7 cm³/mol. The second-order valence-corrected chi connectivity index (χ2v) is 5.06. The van der Waals surface area contributed by atoms with Gasteiger partial charge in [-0.2, -0.15) is 0 Å². The van der Waals surface area contributed by atoms with E-state index in [2.05, 4.69) is 9.98 Å². The summed E-state index contributed by atoms with van der Waals surface area (Å²) < 4.78 is 0. The highest BCUT2D eigenvalue weighted by Crippen LogP contribution is 2.31. The standard InChI is InChI=1S/C15H10Cl2N2/c1-9-6-7-11-13(8-9)19-14(16)10-4-2-3-5-12(10)18-15(11)17/h2-8H,1H3. The van der Waals surface area contributed by atoms with Gasteiger partial charge >= 0.3 is 0 Å². The summed E-state index contributed by atoms with van der Waals surface area (Å²) in [5.74, 6) is 0. The largest absolute Gasteiger partial charge is 0.235 e. The van der Waals surface area contributed by atoms with Crippen LogP contribution in [0.15, 0.2) is 52.4 Å². The van der Waals surface area contributed by atoms with E-state index in [0.29, 0.717) is 10.3 Å². The molecule has 0 spiro atoms. The Bertz CT molecular complexity index is 718. The number of fused-ring (bicyclic) bond motifs is 2. The number of halogens is 2. The lowest BCUT2D eigenvalue weighted by Crippen LogP contribution is -2.00. The van der Waals surface area contributed by atoms with Gasteiger partial charge in [0.1, 0.15) is 10.3 Å². The Morgan fingerprint density at radius 3 is 2.21 bits per heavy atom. The van der Waals surface area contributed by atoms with Gasteiger partial charge < -0.3 is 0 Å². The Kier molecular flexibility index (Phi) is 3.13. The summed E-state index contributed by atoms with van der Waals surface area (Å²) in [5, 5.41) is 0.853. The molecular weight excluding hydrogens is 279 g/mol. The van der Waals surface area contributed by atoms with Gasteiger partial charge in [-0.05, 0) is 36.8 Å². The Morgan fingerprint density at radius 1 is 0.789 bits per heavy atom. The van der Waals surface area contributed by atoms with E-state index in [-0.39, 0.29) is 0 Å². The molecular formula is C15H10Cl2N2. The molecule has 0 fully saturated rings. The van der Waals surface area contributed by atoms with Crippen LogP contribution in [0.5, 0.6) is 0 Å². The van der Waals surface area contributed by atoms with E-state index >= 15 is 0 Å². The second-order valence-electron chi connectivity index (χ2n) is 4.34. The Morgan fingerprint density at radius 2 is 1.42 bits per heavy atom. The Labute approximate surface area is 121 Å². The molecule has 0 N–H and O–H groups in total. The van der Waals surface area contributed by atoms with Crippen LogP contribution in [0.1, 0.15) is 16.7 Å². The molecule has 94 valence electrons. The molecule has 0 amide bonds. The lowest BCUT2D eigenvalue weighted by Gasteiger charge is -2.11. The summed E-state index contributed by atoms with van der Waals surface area (Å²) in [6.07, 6.45) is 0. The summed E-state index contributed by atoms with van der Waals surface area (Å²) in [6, 6.07) is 13.4. The van der Waals surface area contributed by atoms with Crippen molar-refractivity contribution in [2.45, 2.75) is 6.92 Å². The second kappa shape index (κ2) is 4.80.